The molecule has 2 aromatic carbocycles. The van der Waals surface area contributed by atoms with E-state index in [0.29, 0.717) is 17.6 Å². The third kappa shape index (κ3) is 4.58. The highest BCUT2D eigenvalue weighted by molar-refractivity contribution is 5.98. The summed E-state index contributed by atoms with van der Waals surface area (Å²) in [4.78, 5) is 25.9. The van der Waals surface area contributed by atoms with Gasteiger partial charge in [0.1, 0.15) is 0 Å². The molecule has 0 saturated heterocycles. The fourth-order valence-corrected chi connectivity index (χ4v) is 4.20. The van der Waals surface area contributed by atoms with Crippen LogP contribution in [0.1, 0.15) is 61.3 Å². The predicted molar refractivity (Wildman–Crippen MR) is 114 cm³/mol. The van der Waals surface area contributed by atoms with Crippen molar-refractivity contribution in [3.63, 3.8) is 0 Å². The Balaban J connectivity index is 1.57. The number of esters is 1. The van der Waals surface area contributed by atoms with E-state index in [1.54, 1.807) is 0 Å². The van der Waals surface area contributed by atoms with Crippen LogP contribution in [0.15, 0.2) is 60.2 Å². The van der Waals surface area contributed by atoms with Crippen molar-refractivity contribution in [2.24, 2.45) is 0 Å². The van der Waals surface area contributed by atoms with Gasteiger partial charge < -0.3 is 10.1 Å². The Kier molecular flexibility index (Phi) is 6.09. The first-order valence-electron chi connectivity index (χ1n) is 10.6. The fourth-order valence-electron chi connectivity index (χ4n) is 4.20. The lowest BCUT2D eigenvalue weighted by Gasteiger charge is -2.23. The van der Waals surface area contributed by atoms with Gasteiger partial charge in [-0.25, -0.2) is 4.79 Å². The first kappa shape index (κ1) is 19.4. The van der Waals surface area contributed by atoms with Gasteiger partial charge in [0, 0.05) is 16.8 Å². The molecule has 0 bridgehead atoms. The predicted octanol–water partition coefficient (Wildman–Crippen LogP) is 5.29. The first-order chi connectivity index (χ1) is 14.2. The van der Waals surface area contributed by atoms with Crippen molar-refractivity contribution < 1.29 is 14.3 Å². The average Bonchev–Trinajstić information content (AvgIpc) is 2.78. The Bertz CT molecular complexity index is 917. The van der Waals surface area contributed by atoms with Crippen LogP contribution in [0.2, 0.25) is 0 Å². The number of aryl methyl sites for hydroxylation is 1. The van der Waals surface area contributed by atoms with Crippen molar-refractivity contribution in [1.29, 1.82) is 0 Å². The average molecular weight is 389 g/mol. The molecule has 4 nitrogen and oxygen atoms in total. The molecule has 150 valence electrons. The SMILES string of the molecule is O=C(O[C@@H](C(=O)Nc1cccc2c1CCCC2)c1ccccc1)C1=CCCCC1. The molecule has 4 heteroatoms. The van der Waals surface area contributed by atoms with Crippen LogP contribution >= 0.6 is 0 Å². The van der Waals surface area contributed by atoms with Crippen molar-refractivity contribution in [3.05, 3.63) is 76.9 Å². The van der Waals surface area contributed by atoms with Gasteiger partial charge in [0.05, 0.1) is 0 Å². The fraction of sp³-hybridized carbons (Fsp3) is 0.360. The second-order valence-corrected chi connectivity index (χ2v) is 7.81. The van der Waals surface area contributed by atoms with E-state index in [1.807, 2.05) is 48.5 Å². The topological polar surface area (TPSA) is 55.4 Å². The minimum Gasteiger partial charge on any atom is -0.444 e. The lowest BCUT2D eigenvalue weighted by Crippen LogP contribution is -2.27. The van der Waals surface area contributed by atoms with Gasteiger partial charge >= 0.3 is 5.97 Å². The van der Waals surface area contributed by atoms with Gasteiger partial charge in [-0.15, -0.1) is 0 Å². The first-order valence-corrected chi connectivity index (χ1v) is 10.6. The summed E-state index contributed by atoms with van der Waals surface area (Å²) in [5.74, 6) is -0.691. The van der Waals surface area contributed by atoms with Crippen molar-refractivity contribution >= 4 is 17.6 Å². The molecule has 1 N–H and O–H groups in total. The van der Waals surface area contributed by atoms with E-state index in [4.69, 9.17) is 4.74 Å². The van der Waals surface area contributed by atoms with Gasteiger partial charge in [-0.1, -0.05) is 48.5 Å². The summed E-state index contributed by atoms with van der Waals surface area (Å²) in [6, 6.07) is 15.3. The Morgan fingerprint density at radius 1 is 0.862 bits per heavy atom. The number of benzene rings is 2. The molecule has 0 heterocycles. The highest BCUT2D eigenvalue weighted by Crippen LogP contribution is 2.30. The molecule has 0 spiro atoms. The largest absolute Gasteiger partial charge is 0.444 e. The number of carbonyl (C=O) groups excluding carboxylic acids is 2. The summed E-state index contributed by atoms with van der Waals surface area (Å²) in [7, 11) is 0. The van der Waals surface area contributed by atoms with Gasteiger partial charge in [-0.05, 0) is 68.6 Å². The van der Waals surface area contributed by atoms with Crippen molar-refractivity contribution in [3.8, 4) is 0 Å². The Morgan fingerprint density at radius 3 is 2.45 bits per heavy atom. The van der Waals surface area contributed by atoms with Crippen LogP contribution < -0.4 is 5.32 Å². The Labute approximate surface area is 172 Å². The van der Waals surface area contributed by atoms with Crippen LogP contribution in [0.5, 0.6) is 0 Å². The van der Waals surface area contributed by atoms with Crippen LogP contribution in [0.25, 0.3) is 0 Å². The molecule has 0 saturated carbocycles. The van der Waals surface area contributed by atoms with E-state index >= 15 is 0 Å². The standard InChI is InChI=1S/C25H27NO3/c27-24(26-22-17-9-15-18-10-7-8-16-21(18)22)23(19-11-3-1-4-12-19)29-25(28)20-13-5-2-6-14-20/h1,3-4,9,11-13,15,17,23H,2,5-8,10,14,16H2,(H,26,27)/t23-/m1/s1. The van der Waals surface area contributed by atoms with E-state index in [1.165, 1.54) is 17.5 Å². The van der Waals surface area contributed by atoms with Crippen molar-refractivity contribution in [2.45, 2.75) is 57.5 Å². The molecule has 0 aromatic heterocycles. The van der Waals surface area contributed by atoms with Crippen LogP contribution in [0.4, 0.5) is 5.69 Å². The maximum Gasteiger partial charge on any atom is 0.334 e. The molecule has 2 aliphatic rings. The lowest BCUT2D eigenvalue weighted by atomic mass is 9.90. The number of carbonyl (C=O) groups is 2. The molecule has 2 aliphatic carbocycles. The maximum atomic E-state index is 13.2. The molecular weight excluding hydrogens is 362 g/mol. The third-order valence-corrected chi connectivity index (χ3v) is 5.77. The van der Waals surface area contributed by atoms with Crippen molar-refractivity contribution in [1.82, 2.24) is 0 Å². The van der Waals surface area contributed by atoms with E-state index in [9.17, 15) is 9.59 Å². The van der Waals surface area contributed by atoms with E-state index in [2.05, 4.69) is 11.4 Å². The zero-order valence-corrected chi connectivity index (χ0v) is 16.7. The number of allylic oxidation sites excluding steroid dienone is 1. The summed E-state index contributed by atoms with van der Waals surface area (Å²) in [6.45, 7) is 0. The zero-order valence-electron chi connectivity index (χ0n) is 16.7. The minimum atomic E-state index is -0.967. The summed E-state index contributed by atoms with van der Waals surface area (Å²) >= 11 is 0. The van der Waals surface area contributed by atoms with E-state index < -0.39 is 6.10 Å². The minimum absolute atomic E-state index is 0.306. The normalized spacial score (nSPS) is 16.9. The molecule has 0 fully saturated rings. The monoisotopic (exact) mass is 389 g/mol. The molecule has 0 aliphatic heterocycles. The smallest absolute Gasteiger partial charge is 0.334 e. The molecular formula is C25H27NO3. The van der Waals surface area contributed by atoms with E-state index in [0.717, 1.165) is 44.2 Å². The quantitative estimate of drug-likeness (QED) is 0.707. The highest BCUT2D eigenvalue weighted by Gasteiger charge is 2.28. The number of ether oxygens (including phenoxy) is 1. The molecule has 4 rings (SSSR count). The van der Waals surface area contributed by atoms with E-state index in [-0.39, 0.29) is 11.9 Å². The maximum absolute atomic E-state index is 13.2. The van der Waals surface area contributed by atoms with Crippen LogP contribution in [-0.2, 0) is 27.2 Å². The van der Waals surface area contributed by atoms with Gasteiger partial charge in [0.15, 0.2) is 0 Å². The number of hydrogen-bond donors (Lipinski definition) is 1. The number of amides is 1. The molecule has 0 unspecified atom stereocenters. The number of nitrogens with one attached hydrogen (secondary N) is 1. The number of rotatable bonds is 5. The second kappa shape index (κ2) is 9.08. The second-order valence-electron chi connectivity index (χ2n) is 7.81. The third-order valence-electron chi connectivity index (χ3n) is 5.77. The Morgan fingerprint density at radius 2 is 1.66 bits per heavy atom. The van der Waals surface area contributed by atoms with Gasteiger partial charge in [0.2, 0.25) is 6.10 Å². The van der Waals surface area contributed by atoms with Crippen LogP contribution in [0, 0.1) is 0 Å². The number of hydrogen-bond acceptors (Lipinski definition) is 3. The Hall–Kier alpha value is -2.88. The molecule has 2 aromatic rings. The summed E-state index contributed by atoms with van der Waals surface area (Å²) in [6.07, 6.45) is 8.99. The molecule has 1 amide bonds. The number of anilines is 1. The molecule has 0 radical (unpaired) electrons. The van der Waals surface area contributed by atoms with Crippen molar-refractivity contribution in [2.75, 3.05) is 5.32 Å². The number of fused-ring (bicyclic) bond motifs is 1. The zero-order chi connectivity index (χ0) is 20.1. The van der Waals surface area contributed by atoms with Gasteiger partial charge in [-0.3, -0.25) is 4.79 Å². The van der Waals surface area contributed by atoms with Crippen LogP contribution in [-0.4, -0.2) is 11.9 Å². The van der Waals surface area contributed by atoms with Gasteiger partial charge in [-0.2, -0.15) is 0 Å². The van der Waals surface area contributed by atoms with Gasteiger partial charge in [0.25, 0.3) is 5.91 Å². The summed E-state index contributed by atoms with van der Waals surface area (Å²) < 4.78 is 5.73. The molecule has 29 heavy (non-hydrogen) atoms. The van der Waals surface area contributed by atoms with Crippen LogP contribution in [0.3, 0.4) is 0 Å². The lowest BCUT2D eigenvalue weighted by molar-refractivity contribution is -0.151. The summed E-state index contributed by atoms with van der Waals surface area (Å²) in [5, 5.41) is 3.04. The summed E-state index contributed by atoms with van der Waals surface area (Å²) in [5.41, 5.74) is 4.71. The molecule has 1 atom stereocenters. The highest BCUT2D eigenvalue weighted by atomic mass is 16.5.